The average molecular weight is 162 g/mol. The van der Waals surface area contributed by atoms with Gasteiger partial charge in [-0.25, -0.2) is 0 Å². The lowest BCUT2D eigenvalue weighted by Crippen LogP contribution is -2.41. The summed E-state index contributed by atoms with van der Waals surface area (Å²) < 4.78 is 0. The van der Waals surface area contributed by atoms with E-state index in [1.165, 1.54) is 6.42 Å². The standard InChI is InChI=1S/C7H12ClNO/c1-9(7(10)5-8)6-3-2-4-6/h6H,2-5H2,1H3. The normalized spacial score (nSPS) is 18.2. The van der Waals surface area contributed by atoms with Gasteiger partial charge in [0.05, 0.1) is 0 Å². The smallest absolute Gasteiger partial charge is 0.237 e. The van der Waals surface area contributed by atoms with Crippen molar-refractivity contribution in [1.29, 1.82) is 0 Å². The molecule has 0 aliphatic heterocycles. The lowest BCUT2D eigenvalue weighted by molar-refractivity contribution is -0.130. The number of carbonyl (C=O) groups is 1. The first-order valence-electron chi connectivity index (χ1n) is 3.57. The van der Waals surface area contributed by atoms with Crippen LogP contribution >= 0.6 is 11.6 Å². The highest BCUT2D eigenvalue weighted by atomic mass is 35.5. The van der Waals surface area contributed by atoms with E-state index in [9.17, 15) is 4.79 Å². The fraction of sp³-hybridized carbons (Fsp3) is 0.857. The van der Waals surface area contributed by atoms with E-state index in [0.717, 1.165) is 12.8 Å². The Morgan fingerprint density at radius 3 is 2.60 bits per heavy atom. The summed E-state index contributed by atoms with van der Waals surface area (Å²) in [5.41, 5.74) is 0. The zero-order valence-corrected chi connectivity index (χ0v) is 6.90. The van der Waals surface area contributed by atoms with Crippen LogP contribution in [0.5, 0.6) is 0 Å². The van der Waals surface area contributed by atoms with Crippen molar-refractivity contribution in [3.8, 4) is 0 Å². The van der Waals surface area contributed by atoms with Crippen LogP contribution in [0.15, 0.2) is 0 Å². The molecule has 0 atom stereocenters. The van der Waals surface area contributed by atoms with E-state index in [2.05, 4.69) is 0 Å². The first-order valence-corrected chi connectivity index (χ1v) is 4.10. The predicted molar refractivity (Wildman–Crippen MR) is 41.1 cm³/mol. The summed E-state index contributed by atoms with van der Waals surface area (Å²) >= 11 is 5.38. The van der Waals surface area contributed by atoms with Crippen LogP contribution in [0.1, 0.15) is 19.3 Å². The third-order valence-corrected chi connectivity index (χ3v) is 2.36. The Kier molecular flexibility index (Phi) is 2.55. The van der Waals surface area contributed by atoms with Gasteiger partial charge in [0.2, 0.25) is 5.91 Å². The Hall–Kier alpha value is -0.240. The van der Waals surface area contributed by atoms with Gasteiger partial charge in [0.15, 0.2) is 0 Å². The van der Waals surface area contributed by atoms with Gasteiger partial charge in [-0.05, 0) is 19.3 Å². The van der Waals surface area contributed by atoms with Crippen LogP contribution in [0.3, 0.4) is 0 Å². The molecule has 1 amide bonds. The number of amides is 1. The first kappa shape index (κ1) is 7.86. The van der Waals surface area contributed by atoms with Gasteiger partial charge in [-0.15, -0.1) is 11.6 Å². The molecule has 0 radical (unpaired) electrons. The van der Waals surface area contributed by atoms with E-state index in [0.29, 0.717) is 6.04 Å². The lowest BCUT2D eigenvalue weighted by Gasteiger charge is -2.34. The maximum Gasteiger partial charge on any atom is 0.237 e. The van der Waals surface area contributed by atoms with Crippen molar-refractivity contribution in [1.82, 2.24) is 4.90 Å². The lowest BCUT2D eigenvalue weighted by atomic mass is 9.92. The van der Waals surface area contributed by atoms with Crippen molar-refractivity contribution >= 4 is 17.5 Å². The molecule has 58 valence electrons. The van der Waals surface area contributed by atoms with Crippen LogP contribution in [-0.2, 0) is 4.79 Å². The van der Waals surface area contributed by atoms with Gasteiger partial charge in [0, 0.05) is 13.1 Å². The molecular weight excluding hydrogens is 150 g/mol. The topological polar surface area (TPSA) is 20.3 Å². The number of carbonyl (C=O) groups excluding carboxylic acids is 1. The zero-order valence-electron chi connectivity index (χ0n) is 6.14. The number of hydrogen-bond donors (Lipinski definition) is 0. The second-order valence-electron chi connectivity index (χ2n) is 2.72. The van der Waals surface area contributed by atoms with Crippen molar-refractivity contribution in [2.45, 2.75) is 25.3 Å². The van der Waals surface area contributed by atoms with Gasteiger partial charge in [0.1, 0.15) is 5.88 Å². The van der Waals surface area contributed by atoms with Crippen molar-refractivity contribution in [2.24, 2.45) is 0 Å². The molecule has 0 aromatic rings. The molecular formula is C7H12ClNO. The van der Waals surface area contributed by atoms with E-state index in [-0.39, 0.29) is 11.8 Å². The van der Waals surface area contributed by atoms with Gasteiger partial charge >= 0.3 is 0 Å². The maximum absolute atomic E-state index is 10.9. The van der Waals surface area contributed by atoms with Gasteiger partial charge in [-0.1, -0.05) is 0 Å². The number of rotatable bonds is 2. The monoisotopic (exact) mass is 161 g/mol. The molecule has 1 rings (SSSR count). The quantitative estimate of drug-likeness (QED) is 0.558. The van der Waals surface area contributed by atoms with Crippen molar-refractivity contribution in [3.63, 3.8) is 0 Å². The third kappa shape index (κ3) is 1.43. The van der Waals surface area contributed by atoms with Crippen LogP contribution in [0.2, 0.25) is 0 Å². The SMILES string of the molecule is CN(C(=O)CCl)C1CCC1. The molecule has 0 saturated heterocycles. The van der Waals surface area contributed by atoms with Crippen LogP contribution in [0.4, 0.5) is 0 Å². The van der Waals surface area contributed by atoms with Crippen LogP contribution in [0.25, 0.3) is 0 Å². The van der Waals surface area contributed by atoms with E-state index >= 15 is 0 Å². The van der Waals surface area contributed by atoms with Crippen molar-refractivity contribution < 1.29 is 4.79 Å². The highest BCUT2D eigenvalue weighted by Gasteiger charge is 2.24. The van der Waals surface area contributed by atoms with Crippen LogP contribution < -0.4 is 0 Å². The fourth-order valence-corrected chi connectivity index (χ4v) is 1.26. The zero-order chi connectivity index (χ0) is 7.56. The van der Waals surface area contributed by atoms with Gasteiger partial charge in [-0.3, -0.25) is 4.79 Å². The summed E-state index contributed by atoms with van der Waals surface area (Å²) in [7, 11) is 1.83. The Morgan fingerprint density at radius 2 is 2.30 bits per heavy atom. The Balaban J connectivity index is 2.31. The molecule has 0 N–H and O–H groups in total. The van der Waals surface area contributed by atoms with Gasteiger partial charge in [-0.2, -0.15) is 0 Å². The largest absolute Gasteiger partial charge is 0.342 e. The van der Waals surface area contributed by atoms with E-state index < -0.39 is 0 Å². The molecule has 10 heavy (non-hydrogen) atoms. The third-order valence-electron chi connectivity index (χ3n) is 2.13. The Morgan fingerprint density at radius 1 is 1.70 bits per heavy atom. The highest BCUT2D eigenvalue weighted by Crippen LogP contribution is 2.23. The van der Waals surface area contributed by atoms with E-state index in [1.807, 2.05) is 7.05 Å². The summed E-state index contributed by atoms with van der Waals surface area (Å²) in [6.07, 6.45) is 3.56. The van der Waals surface area contributed by atoms with Crippen LogP contribution in [-0.4, -0.2) is 29.8 Å². The number of alkyl halides is 1. The first-order chi connectivity index (χ1) is 4.75. The summed E-state index contributed by atoms with van der Waals surface area (Å²) in [6, 6.07) is 0.478. The molecule has 1 fully saturated rings. The number of nitrogens with zero attached hydrogens (tertiary/aromatic N) is 1. The Bertz CT molecular complexity index is 134. The minimum absolute atomic E-state index is 0.0476. The molecule has 0 aromatic heterocycles. The highest BCUT2D eigenvalue weighted by molar-refractivity contribution is 6.27. The summed E-state index contributed by atoms with van der Waals surface area (Å²) in [4.78, 5) is 12.7. The van der Waals surface area contributed by atoms with Gasteiger partial charge < -0.3 is 4.90 Å². The maximum atomic E-state index is 10.9. The number of halogens is 1. The second kappa shape index (κ2) is 3.24. The number of hydrogen-bond acceptors (Lipinski definition) is 1. The fourth-order valence-electron chi connectivity index (χ4n) is 1.07. The average Bonchev–Trinajstić information content (AvgIpc) is 1.82. The van der Waals surface area contributed by atoms with Crippen molar-refractivity contribution in [2.75, 3.05) is 12.9 Å². The molecule has 1 aliphatic carbocycles. The predicted octanol–water partition coefficient (Wildman–Crippen LogP) is 1.24. The van der Waals surface area contributed by atoms with Crippen LogP contribution in [0, 0.1) is 0 Å². The molecule has 0 bridgehead atoms. The molecule has 3 heteroatoms. The molecule has 2 nitrogen and oxygen atoms in total. The molecule has 1 aliphatic rings. The molecule has 0 spiro atoms. The molecule has 0 aromatic carbocycles. The van der Waals surface area contributed by atoms with Gasteiger partial charge in [0.25, 0.3) is 0 Å². The molecule has 0 unspecified atom stereocenters. The van der Waals surface area contributed by atoms with E-state index in [1.54, 1.807) is 4.90 Å². The summed E-state index contributed by atoms with van der Waals surface area (Å²) in [5.74, 6) is 0.166. The minimum atomic E-state index is 0.0476. The summed E-state index contributed by atoms with van der Waals surface area (Å²) in [5, 5.41) is 0. The van der Waals surface area contributed by atoms with E-state index in [4.69, 9.17) is 11.6 Å². The second-order valence-corrected chi connectivity index (χ2v) is 2.99. The Labute approximate surface area is 66.1 Å². The van der Waals surface area contributed by atoms with Crippen molar-refractivity contribution in [3.05, 3.63) is 0 Å². The summed E-state index contributed by atoms with van der Waals surface area (Å²) in [6.45, 7) is 0. The molecule has 0 heterocycles. The molecule has 1 saturated carbocycles. The minimum Gasteiger partial charge on any atom is -0.342 e.